The summed E-state index contributed by atoms with van der Waals surface area (Å²) in [5.74, 6) is 1.01. The van der Waals surface area contributed by atoms with E-state index >= 15 is 0 Å². The lowest BCUT2D eigenvalue weighted by molar-refractivity contribution is -0.132. The van der Waals surface area contributed by atoms with Crippen LogP contribution in [0.5, 0.6) is 0 Å². The van der Waals surface area contributed by atoms with Gasteiger partial charge in [-0.25, -0.2) is 0 Å². The summed E-state index contributed by atoms with van der Waals surface area (Å²) in [6, 6.07) is 8.63. The Hall–Kier alpha value is -0.710. The van der Waals surface area contributed by atoms with Crippen molar-refractivity contribution in [2.24, 2.45) is 5.92 Å². The highest BCUT2D eigenvalue weighted by atomic mass is 35.5. The molecular weight excluding hydrogens is 340 g/mol. The first-order valence-electron chi connectivity index (χ1n) is 8.83. The molecule has 1 aliphatic carbocycles. The highest BCUT2D eigenvalue weighted by Gasteiger charge is 2.45. The number of aryl methyl sites for hydroxylation is 1. The molecule has 1 amide bonds. The van der Waals surface area contributed by atoms with Gasteiger partial charge in [-0.05, 0) is 57.8 Å². The maximum absolute atomic E-state index is 13.3. The SMILES string of the molecule is CNCC1CCN(C(=O)C2(Sc3ccc(C)cc3)CCCC2)C1.Cl. The van der Waals surface area contributed by atoms with Crippen LogP contribution in [0.2, 0.25) is 0 Å². The van der Waals surface area contributed by atoms with Crippen LogP contribution in [-0.2, 0) is 4.79 Å². The van der Waals surface area contributed by atoms with E-state index < -0.39 is 0 Å². The molecule has 1 N–H and O–H groups in total. The van der Waals surface area contributed by atoms with Crippen molar-refractivity contribution in [3.8, 4) is 0 Å². The number of hydrogen-bond acceptors (Lipinski definition) is 3. The van der Waals surface area contributed by atoms with Crippen molar-refractivity contribution >= 4 is 30.1 Å². The molecule has 1 aromatic rings. The average molecular weight is 369 g/mol. The van der Waals surface area contributed by atoms with Crippen molar-refractivity contribution < 1.29 is 4.79 Å². The van der Waals surface area contributed by atoms with Crippen molar-refractivity contribution in [1.29, 1.82) is 0 Å². The Morgan fingerprint density at radius 2 is 1.96 bits per heavy atom. The van der Waals surface area contributed by atoms with Gasteiger partial charge in [-0.1, -0.05) is 30.5 Å². The first kappa shape index (κ1) is 19.6. The Morgan fingerprint density at radius 1 is 1.29 bits per heavy atom. The molecule has 1 unspecified atom stereocenters. The second-order valence-corrected chi connectivity index (χ2v) is 8.54. The Labute approximate surface area is 156 Å². The maximum Gasteiger partial charge on any atom is 0.239 e. The van der Waals surface area contributed by atoms with E-state index in [1.54, 1.807) is 0 Å². The minimum atomic E-state index is -0.218. The fraction of sp³-hybridized carbons (Fsp3) is 0.632. The van der Waals surface area contributed by atoms with E-state index in [4.69, 9.17) is 0 Å². The smallest absolute Gasteiger partial charge is 0.239 e. The summed E-state index contributed by atoms with van der Waals surface area (Å²) >= 11 is 1.81. The number of nitrogens with zero attached hydrogens (tertiary/aromatic N) is 1. The normalized spacial score (nSPS) is 22.4. The zero-order valence-electron chi connectivity index (χ0n) is 14.7. The topological polar surface area (TPSA) is 32.3 Å². The van der Waals surface area contributed by atoms with E-state index in [9.17, 15) is 4.79 Å². The van der Waals surface area contributed by atoms with Crippen LogP contribution in [0.4, 0.5) is 0 Å². The van der Waals surface area contributed by atoms with Gasteiger partial charge in [-0.3, -0.25) is 4.79 Å². The van der Waals surface area contributed by atoms with Crippen LogP contribution in [0.3, 0.4) is 0 Å². The summed E-state index contributed by atoms with van der Waals surface area (Å²) in [7, 11) is 2.00. The lowest BCUT2D eigenvalue weighted by atomic mass is 10.1. The summed E-state index contributed by atoms with van der Waals surface area (Å²) in [4.78, 5) is 16.6. The van der Waals surface area contributed by atoms with E-state index in [1.807, 2.05) is 18.8 Å². The van der Waals surface area contributed by atoms with Gasteiger partial charge in [0.05, 0.1) is 4.75 Å². The molecule has 24 heavy (non-hydrogen) atoms. The molecule has 0 bridgehead atoms. The molecule has 0 radical (unpaired) electrons. The summed E-state index contributed by atoms with van der Waals surface area (Å²) in [5, 5.41) is 3.25. The zero-order valence-corrected chi connectivity index (χ0v) is 16.3. The van der Waals surface area contributed by atoms with Crippen LogP contribution in [0.1, 0.15) is 37.7 Å². The highest BCUT2D eigenvalue weighted by Crippen LogP contribution is 2.47. The lowest BCUT2D eigenvalue weighted by Gasteiger charge is -2.32. The van der Waals surface area contributed by atoms with Gasteiger partial charge >= 0.3 is 0 Å². The van der Waals surface area contributed by atoms with Crippen LogP contribution >= 0.6 is 24.2 Å². The second-order valence-electron chi connectivity index (χ2n) is 7.08. The van der Waals surface area contributed by atoms with Gasteiger partial charge in [0.2, 0.25) is 5.91 Å². The number of carbonyl (C=O) groups is 1. The lowest BCUT2D eigenvalue weighted by Crippen LogP contribution is -2.44. The Balaban J connectivity index is 0.00000208. The summed E-state index contributed by atoms with van der Waals surface area (Å²) in [6.07, 6.45) is 5.55. The number of thioether (sulfide) groups is 1. The Morgan fingerprint density at radius 3 is 2.58 bits per heavy atom. The molecule has 1 saturated carbocycles. The van der Waals surface area contributed by atoms with Gasteiger partial charge in [0.25, 0.3) is 0 Å². The number of carbonyl (C=O) groups excluding carboxylic acids is 1. The Bertz CT molecular complexity index is 543. The van der Waals surface area contributed by atoms with E-state index in [0.29, 0.717) is 11.8 Å². The fourth-order valence-electron chi connectivity index (χ4n) is 3.90. The van der Waals surface area contributed by atoms with Crippen LogP contribution < -0.4 is 5.32 Å². The molecule has 3 nitrogen and oxygen atoms in total. The molecule has 2 fully saturated rings. The largest absolute Gasteiger partial charge is 0.341 e. The van der Waals surface area contributed by atoms with Crippen molar-refractivity contribution in [3.05, 3.63) is 29.8 Å². The van der Waals surface area contributed by atoms with Gasteiger partial charge in [0, 0.05) is 18.0 Å². The van der Waals surface area contributed by atoms with Crippen molar-refractivity contribution in [2.45, 2.75) is 48.7 Å². The molecule has 134 valence electrons. The van der Waals surface area contributed by atoms with Crippen molar-refractivity contribution in [2.75, 3.05) is 26.7 Å². The van der Waals surface area contributed by atoms with E-state index in [2.05, 4.69) is 41.4 Å². The number of hydrogen-bond donors (Lipinski definition) is 1. The Kier molecular flexibility index (Phi) is 7.02. The molecule has 1 heterocycles. The monoisotopic (exact) mass is 368 g/mol. The number of likely N-dealkylation sites (tertiary alicyclic amines) is 1. The van der Waals surface area contributed by atoms with Crippen molar-refractivity contribution in [3.63, 3.8) is 0 Å². The number of benzene rings is 1. The molecule has 0 spiro atoms. The van der Waals surface area contributed by atoms with Gasteiger partial charge in [-0.2, -0.15) is 0 Å². The zero-order chi connectivity index (χ0) is 16.3. The van der Waals surface area contributed by atoms with Crippen LogP contribution in [0.15, 0.2) is 29.2 Å². The van der Waals surface area contributed by atoms with Crippen LogP contribution in [0, 0.1) is 12.8 Å². The third-order valence-electron chi connectivity index (χ3n) is 5.20. The molecular formula is C19H29ClN2OS. The fourth-order valence-corrected chi connectivity index (χ4v) is 5.33. The molecule has 5 heteroatoms. The molecule has 2 aliphatic rings. The summed E-state index contributed by atoms with van der Waals surface area (Å²) in [5.41, 5.74) is 1.27. The molecule has 1 atom stereocenters. The van der Waals surface area contributed by atoms with E-state index in [1.165, 1.54) is 23.3 Å². The number of nitrogens with one attached hydrogen (secondary N) is 1. The van der Waals surface area contributed by atoms with Gasteiger partial charge in [0.15, 0.2) is 0 Å². The first-order valence-corrected chi connectivity index (χ1v) is 9.64. The number of amides is 1. The molecule has 3 rings (SSSR count). The predicted molar refractivity (Wildman–Crippen MR) is 104 cm³/mol. The molecule has 0 aromatic heterocycles. The average Bonchev–Trinajstić information content (AvgIpc) is 3.20. The van der Waals surface area contributed by atoms with Crippen LogP contribution in [-0.4, -0.2) is 42.2 Å². The third-order valence-corrected chi connectivity index (χ3v) is 6.68. The quantitative estimate of drug-likeness (QED) is 0.855. The van der Waals surface area contributed by atoms with Crippen molar-refractivity contribution in [1.82, 2.24) is 10.2 Å². The molecule has 1 aromatic carbocycles. The van der Waals surface area contributed by atoms with E-state index in [-0.39, 0.29) is 17.2 Å². The third kappa shape index (κ3) is 4.27. The minimum Gasteiger partial charge on any atom is -0.341 e. The number of halogens is 1. The summed E-state index contributed by atoms with van der Waals surface area (Å²) in [6.45, 7) is 4.98. The second kappa shape index (κ2) is 8.59. The highest BCUT2D eigenvalue weighted by molar-refractivity contribution is 8.01. The minimum absolute atomic E-state index is 0. The summed E-state index contributed by atoms with van der Waals surface area (Å²) < 4.78 is -0.218. The van der Waals surface area contributed by atoms with E-state index in [0.717, 1.165) is 38.9 Å². The maximum atomic E-state index is 13.3. The predicted octanol–water partition coefficient (Wildman–Crippen LogP) is 3.89. The molecule has 1 saturated heterocycles. The van der Waals surface area contributed by atoms with Crippen LogP contribution in [0.25, 0.3) is 0 Å². The van der Waals surface area contributed by atoms with Gasteiger partial charge in [-0.15, -0.1) is 24.2 Å². The van der Waals surface area contributed by atoms with Gasteiger partial charge in [0.1, 0.15) is 0 Å². The number of rotatable bonds is 5. The first-order chi connectivity index (χ1) is 11.1. The van der Waals surface area contributed by atoms with Gasteiger partial charge < -0.3 is 10.2 Å². The standard InChI is InChI=1S/C19H28N2OS.ClH/c1-15-5-7-17(8-6-15)23-19(10-3-4-11-19)18(22)21-12-9-16(14-21)13-20-2;/h5-8,16,20H,3-4,9-14H2,1-2H3;1H. The molecule has 1 aliphatic heterocycles.